The minimum Gasteiger partial charge on any atom is -0.497 e. The van der Waals surface area contributed by atoms with Gasteiger partial charge >= 0.3 is 0 Å². The molecule has 0 spiro atoms. The van der Waals surface area contributed by atoms with Crippen LogP contribution in [0.5, 0.6) is 11.5 Å². The van der Waals surface area contributed by atoms with E-state index in [0.29, 0.717) is 28.3 Å². The van der Waals surface area contributed by atoms with Gasteiger partial charge in [-0.25, -0.2) is 8.42 Å². The van der Waals surface area contributed by atoms with Crippen molar-refractivity contribution >= 4 is 15.7 Å². The van der Waals surface area contributed by atoms with Crippen LogP contribution >= 0.6 is 0 Å². The van der Waals surface area contributed by atoms with Gasteiger partial charge in [-0.05, 0) is 75.2 Å². The SMILES string of the molecule is COc1cc(C)c(S(=O)(=O)Nc2ccc(OC(C)C)cc2)c(C)c1. The smallest absolute Gasteiger partial charge is 0.262 e. The summed E-state index contributed by atoms with van der Waals surface area (Å²) in [5, 5.41) is 0. The van der Waals surface area contributed by atoms with Crippen LogP contribution in [0.15, 0.2) is 41.3 Å². The first kappa shape index (κ1) is 18.1. The van der Waals surface area contributed by atoms with Gasteiger partial charge in [0.2, 0.25) is 0 Å². The Balaban J connectivity index is 2.29. The van der Waals surface area contributed by atoms with E-state index in [4.69, 9.17) is 9.47 Å². The van der Waals surface area contributed by atoms with Crippen molar-refractivity contribution in [1.29, 1.82) is 0 Å². The van der Waals surface area contributed by atoms with Crippen molar-refractivity contribution in [1.82, 2.24) is 0 Å². The number of aryl methyl sites for hydroxylation is 2. The van der Waals surface area contributed by atoms with Gasteiger partial charge in [0.15, 0.2) is 0 Å². The maximum absolute atomic E-state index is 12.7. The zero-order valence-electron chi connectivity index (χ0n) is 14.6. The van der Waals surface area contributed by atoms with Gasteiger partial charge in [0.25, 0.3) is 10.0 Å². The fraction of sp³-hybridized carbons (Fsp3) is 0.333. The fourth-order valence-corrected chi connectivity index (χ4v) is 4.05. The van der Waals surface area contributed by atoms with Crippen LogP contribution in [0.1, 0.15) is 25.0 Å². The Morgan fingerprint density at radius 3 is 1.96 bits per heavy atom. The highest BCUT2D eigenvalue weighted by molar-refractivity contribution is 7.92. The number of anilines is 1. The van der Waals surface area contributed by atoms with Crippen LogP contribution in [0.3, 0.4) is 0 Å². The second-order valence-electron chi connectivity index (χ2n) is 5.89. The van der Waals surface area contributed by atoms with Crippen molar-refractivity contribution in [2.24, 2.45) is 0 Å². The minimum absolute atomic E-state index is 0.0668. The molecule has 0 aromatic heterocycles. The van der Waals surface area contributed by atoms with E-state index in [0.717, 1.165) is 0 Å². The molecule has 0 aliphatic heterocycles. The first-order valence-electron chi connectivity index (χ1n) is 7.67. The number of rotatable bonds is 6. The van der Waals surface area contributed by atoms with Gasteiger partial charge in [0.1, 0.15) is 11.5 Å². The zero-order chi connectivity index (χ0) is 17.9. The number of methoxy groups -OCH3 is 1. The van der Waals surface area contributed by atoms with Crippen molar-refractivity contribution in [3.05, 3.63) is 47.5 Å². The summed E-state index contributed by atoms with van der Waals surface area (Å²) in [5.74, 6) is 1.34. The quantitative estimate of drug-likeness (QED) is 0.859. The monoisotopic (exact) mass is 349 g/mol. The average molecular weight is 349 g/mol. The Kier molecular flexibility index (Phi) is 5.39. The largest absolute Gasteiger partial charge is 0.497 e. The molecule has 1 N–H and O–H groups in total. The Morgan fingerprint density at radius 2 is 1.50 bits per heavy atom. The lowest BCUT2D eigenvalue weighted by Crippen LogP contribution is -2.16. The van der Waals surface area contributed by atoms with Gasteiger partial charge < -0.3 is 9.47 Å². The second kappa shape index (κ2) is 7.13. The first-order chi connectivity index (χ1) is 11.2. The third kappa shape index (κ3) is 4.20. The van der Waals surface area contributed by atoms with Crippen LogP contribution in [0.4, 0.5) is 5.69 Å². The summed E-state index contributed by atoms with van der Waals surface area (Å²) >= 11 is 0. The first-order valence-corrected chi connectivity index (χ1v) is 9.16. The summed E-state index contributed by atoms with van der Waals surface area (Å²) in [6.45, 7) is 7.38. The molecule has 130 valence electrons. The predicted molar refractivity (Wildman–Crippen MR) is 95.5 cm³/mol. The Morgan fingerprint density at radius 1 is 0.958 bits per heavy atom. The molecule has 2 rings (SSSR count). The summed E-state index contributed by atoms with van der Waals surface area (Å²) in [5.41, 5.74) is 1.76. The molecule has 0 aliphatic carbocycles. The standard InChI is InChI=1S/C18H23NO4S/c1-12(2)23-16-8-6-15(7-9-16)19-24(20,21)18-13(3)10-17(22-5)11-14(18)4/h6-12,19H,1-5H3. The number of hydrogen-bond donors (Lipinski definition) is 1. The maximum atomic E-state index is 12.7. The van der Waals surface area contributed by atoms with Crippen LogP contribution < -0.4 is 14.2 Å². The highest BCUT2D eigenvalue weighted by Crippen LogP contribution is 2.28. The molecular weight excluding hydrogens is 326 g/mol. The Labute approximate surface area is 143 Å². The third-order valence-corrected chi connectivity index (χ3v) is 5.10. The van der Waals surface area contributed by atoms with Gasteiger partial charge in [-0.1, -0.05) is 0 Å². The van der Waals surface area contributed by atoms with E-state index in [1.165, 1.54) is 0 Å². The van der Waals surface area contributed by atoms with E-state index >= 15 is 0 Å². The van der Waals surface area contributed by atoms with Gasteiger partial charge in [0, 0.05) is 5.69 Å². The summed E-state index contributed by atoms with van der Waals surface area (Å²) in [6.07, 6.45) is 0.0668. The number of benzene rings is 2. The molecule has 0 aliphatic rings. The van der Waals surface area contributed by atoms with Crippen LogP contribution in [-0.4, -0.2) is 21.6 Å². The predicted octanol–water partition coefficient (Wildman–Crippen LogP) is 3.90. The molecule has 0 bridgehead atoms. The van der Waals surface area contributed by atoms with Crippen LogP contribution in [0.2, 0.25) is 0 Å². The average Bonchev–Trinajstić information content (AvgIpc) is 2.47. The number of ether oxygens (including phenoxy) is 2. The topological polar surface area (TPSA) is 64.6 Å². The lowest BCUT2D eigenvalue weighted by Gasteiger charge is -2.15. The molecule has 0 heterocycles. The van der Waals surface area contributed by atoms with E-state index in [9.17, 15) is 8.42 Å². The van der Waals surface area contributed by atoms with E-state index < -0.39 is 10.0 Å². The van der Waals surface area contributed by atoms with Crippen LogP contribution in [0.25, 0.3) is 0 Å². The fourth-order valence-electron chi connectivity index (χ4n) is 2.53. The maximum Gasteiger partial charge on any atom is 0.262 e. The van der Waals surface area contributed by atoms with Crippen molar-refractivity contribution in [2.45, 2.75) is 38.7 Å². The molecule has 0 saturated heterocycles. The van der Waals surface area contributed by atoms with Crippen molar-refractivity contribution in [2.75, 3.05) is 11.8 Å². The molecular formula is C18H23NO4S. The molecule has 0 saturated carbocycles. The number of sulfonamides is 1. The molecule has 24 heavy (non-hydrogen) atoms. The lowest BCUT2D eigenvalue weighted by atomic mass is 10.1. The molecule has 6 heteroatoms. The third-order valence-electron chi connectivity index (χ3n) is 3.42. The molecule has 0 fully saturated rings. The van der Waals surface area contributed by atoms with Gasteiger partial charge in [-0.2, -0.15) is 0 Å². The van der Waals surface area contributed by atoms with E-state index in [2.05, 4.69) is 4.72 Å². The second-order valence-corrected chi connectivity index (χ2v) is 7.51. The molecule has 0 unspecified atom stereocenters. The van der Waals surface area contributed by atoms with Crippen LogP contribution in [0, 0.1) is 13.8 Å². The van der Waals surface area contributed by atoms with Gasteiger partial charge in [-0.15, -0.1) is 0 Å². The molecule has 2 aromatic carbocycles. The highest BCUT2D eigenvalue weighted by Gasteiger charge is 2.20. The van der Waals surface area contributed by atoms with Crippen LogP contribution in [-0.2, 0) is 10.0 Å². The molecule has 2 aromatic rings. The molecule has 5 nitrogen and oxygen atoms in total. The summed E-state index contributed by atoms with van der Waals surface area (Å²) in [7, 11) is -2.12. The van der Waals surface area contributed by atoms with Gasteiger partial charge in [0.05, 0.1) is 18.1 Å². The summed E-state index contributed by atoms with van der Waals surface area (Å²) < 4.78 is 38.8. The number of hydrogen-bond acceptors (Lipinski definition) is 4. The lowest BCUT2D eigenvalue weighted by molar-refractivity contribution is 0.242. The number of nitrogens with one attached hydrogen (secondary N) is 1. The van der Waals surface area contributed by atoms with Crippen molar-refractivity contribution in [3.8, 4) is 11.5 Å². The summed E-state index contributed by atoms with van der Waals surface area (Å²) in [4.78, 5) is 0.269. The normalized spacial score (nSPS) is 11.4. The minimum atomic E-state index is -3.68. The molecule has 0 radical (unpaired) electrons. The van der Waals surface area contributed by atoms with E-state index in [-0.39, 0.29) is 11.0 Å². The highest BCUT2D eigenvalue weighted by atomic mass is 32.2. The zero-order valence-corrected chi connectivity index (χ0v) is 15.4. The molecule has 0 amide bonds. The summed E-state index contributed by atoms with van der Waals surface area (Å²) in [6, 6.07) is 10.3. The van der Waals surface area contributed by atoms with Gasteiger partial charge in [-0.3, -0.25) is 4.72 Å². The van der Waals surface area contributed by atoms with E-state index in [1.807, 2.05) is 13.8 Å². The van der Waals surface area contributed by atoms with Crippen molar-refractivity contribution < 1.29 is 17.9 Å². The van der Waals surface area contributed by atoms with E-state index in [1.54, 1.807) is 57.4 Å². The Hall–Kier alpha value is -2.21. The Bertz CT molecular complexity index is 788. The molecule has 0 atom stereocenters. The van der Waals surface area contributed by atoms with Crippen molar-refractivity contribution in [3.63, 3.8) is 0 Å².